The third-order valence-electron chi connectivity index (χ3n) is 4.34. The molecule has 2 rings (SSSR count). The van der Waals surface area contributed by atoms with E-state index in [-0.39, 0.29) is 5.41 Å². The summed E-state index contributed by atoms with van der Waals surface area (Å²) in [6.45, 7) is 9.03. The van der Waals surface area contributed by atoms with Crippen LogP contribution in [0.3, 0.4) is 0 Å². The normalized spacial score (nSPS) is 24.2. The first kappa shape index (κ1) is 14.4. The SMILES string of the molecule is CCC1CCCC(Oc2ccc(C(C)(C)C)cc2)C1. The van der Waals surface area contributed by atoms with Crippen molar-refractivity contribution < 1.29 is 4.74 Å². The Kier molecular flexibility index (Phi) is 4.54. The van der Waals surface area contributed by atoms with E-state index in [0.717, 1.165) is 11.7 Å². The van der Waals surface area contributed by atoms with Crippen molar-refractivity contribution >= 4 is 0 Å². The van der Waals surface area contributed by atoms with E-state index in [1.54, 1.807) is 0 Å². The van der Waals surface area contributed by atoms with E-state index in [1.165, 1.54) is 37.7 Å². The molecule has 0 N–H and O–H groups in total. The van der Waals surface area contributed by atoms with Gasteiger partial charge in [-0.1, -0.05) is 52.7 Å². The van der Waals surface area contributed by atoms with Crippen molar-refractivity contribution in [1.29, 1.82) is 0 Å². The second-order valence-electron chi connectivity index (χ2n) is 6.96. The number of rotatable bonds is 3. The summed E-state index contributed by atoms with van der Waals surface area (Å²) in [4.78, 5) is 0. The van der Waals surface area contributed by atoms with Gasteiger partial charge in [0.15, 0.2) is 0 Å². The van der Waals surface area contributed by atoms with Crippen molar-refractivity contribution in [1.82, 2.24) is 0 Å². The Labute approximate surface area is 118 Å². The topological polar surface area (TPSA) is 9.23 Å². The van der Waals surface area contributed by atoms with Gasteiger partial charge < -0.3 is 4.74 Å². The maximum Gasteiger partial charge on any atom is 0.119 e. The number of hydrogen-bond acceptors (Lipinski definition) is 1. The van der Waals surface area contributed by atoms with Crippen LogP contribution in [-0.4, -0.2) is 6.10 Å². The van der Waals surface area contributed by atoms with Gasteiger partial charge in [-0.25, -0.2) is 0 Å². The maximum atomic E-state index is 6.16. The van der Waals surface area contributed by atoms with E-state index in [2.05, 4.69) is 52.0 Å². The highest BCUT2D eigenvalue weighted by atomic mass is 16.5. The lowest BCUT2D eigenvalue weighted by Crippen LogP contribution is -2.25. The van der Waals surface area contributed by atoms with Gasteiger partial charge in [0.25, 0.3) is 0 Å². The zero-order valence-corrected chi connectivity index (χ0v) is 12.9. The van der Waals surface area contributed by atoms with E-state index in [0.29, 0.717) is 6.10 Å². The first-order valence-electron chi connectivity index (χ1n) is 7.76. The minimum atomic E-state index is 0.219. The summed E-state index contributed by atoms with van der Waals surface area (Å²) in [5.74, 6) is 1.90. The van der Waals surface area contributed by atoms with Crippen LogP contribution in [0.1, 0.15) is 65.4 Å². The van der Waals surface area contributed by atoms with Crippen LogP contribution in [-0.2, 0) is 5.41 Å². The first-order valence-corrected chi connectivity index (χ1v) is 7.76. The van der Waals surface area contributed by atoms with Crippen LogP contribution in [0.15, 0.2) is 24.3 Å². The molecule has 1 aliphatic rings. The van der Waals surface area contributed by atoms with Crippen molar-refractivity contribution in [2.45, 2.75) is 71.3 Å². The zero-order chi connectivity index (χ0) is 13.9. The highest BCUT2D eigenvalue weighted by Gasteiger charge is 2.22. The molecule has 106 valence electrons. The van der Waals surface area contributed by atoms with E-state index in [1.807, 2.05) is 0 Å². The molecule has 1 saturated carbocycles. The molecule has 0 spiro atoms. The minimum Gasteiger partial charge on any atom is -0.490 e. The lowest BCUT2D eigenvalue weighted by atomic mass is 9.85. The number of benzene rings is 1. The predicted octanol–water partition coefficient (Wildman–Crippen LogP) is 5.33. The summed E-state index contributed by atoms with van der Waals surface area (Å²) in [6, 6.07) is 8.68. The molecule has 0 saturated heterocycles. The van der Waals surface area contributed by atoms with Crippen LogP contribution < -0.4 is 4.74 Å². The van der Waals surface area contributed by atoms with Gasteiger partial charge in [0.2, 0.25) is 0 Å². The molecular weight excluding hydrogens is 232 g/mol. The molecule has 1 fully saturated rings. The molecular formula is C18H28O. The lowest BCUT2D eigenvalue weighted by molar-refractivity contribution is 0.122. The number of hydrogen-bond donors (Lipinski definition) is 0. The molecule has 1 heteroatoms. The minimum absolute atomic E-state index is 0.219. The van der Waals surface area contributed by atoms with Gasteiger partial charge in [-0.15, -0.1) is 0 Å². The molecule has 1 aromatic carbocycles. The Bertz CT molecular complexity index is 385. The Balaban J connectivity index is 1.96. The van der Waals surface area contributed by atoms with Crippen LogP contribution in [0.25, 0.3) is 0 Å². The average molecular weight is 260 g/mol. The summed E-state index contributed by atoms with van der Waals surface area (Å²) >= 11 is 0. The molecule has 2 atom stereocenters. The molecule has 1 nitrogen and oxygen atoms in total. The fourth-order valence-electron chi connectivity index (χ4n) is 2.95. The van der Waals surface area contributed by atoms with Crippen molar-refractivity contribution in [3.05, 3.63) is 29.8 Å². The Hall–Kier alpha value is -0.980. The summed E-state index contributed by atoms with van der Waals surface area (Å²) in [5, 5.41) is 0. The maximum absolute atomic E-state index is 6.16. The molecule has 0 aliphatic heterocycles. The molecule has 0 amide bonds. The Morgan fingerprint density at radius 1 is 1.11 bits per heavy atom. The van der Waals surface area contributed by atoms with Gasteiger partial charge in [-0.3, -0.25) is 0 Å². The van der Waals surface area contributed by atoms with Gasteiger partial charge in [0.05, 0.1) is 6.10 Å². The Morgan fingerprint density at radius 3 is 2.37 bits per heavy atom. The van der Waals surface area contributed by atoms with Crippen molar-refractivity contribution in [2.75, 3.05) is 0 Å². The molecule has 2 unspecified atom stereocenters. The van der Waals surface area contributed by atoms with Gasteiger partial charge in [-0.05, 0) is 48.3 Å². The quantitative estimate of drug-likeness (QED) is 0.713. The molecule has 0 radical (unpaired) electrons. The monoisotopic (exact) mass is 260 g/mol. The number of ether oxygens (including phenoxy) is 1. The second kappa shape index (κ2) is 5.98. The van der Waals surface area contributed by atoms with Crippen LogP contribution >= 0.6 is 0 Å². The molecule has 1 aromatic rings. The van der Waals surface area contributed by atoms with E-state index in [9.17, 15) is 0 Å². The van der Waals surface area contributed by atoms with Gasteiger partial charge >= 0.3 is 0 Å². The Morgan fingerprint density at radius 2 is 1.79 bits per heavy atom. The molecule has 0 heterocycles. The second-order valence-corrected chi connectivity index (χ2v) is 6.96. The van der Waals surface area contributed by atoms with Crippen LogP contribution in [0.2, 0.25) is 0 Å². The smallest absolute Gasteiger partial charge is 0.119 e. The molecule has 19 heavy (non-hydrogen) atoms. The molecule has 1 aliphatic carbocycles. The third-order valence-corrected chi connectivity index (χ3v) is 4.34. The predicted molar refractivity (Wildman–Crippen MR) is 81.8 cm³/mol. The summed E-state index contributed by atoms with van der Waals surface area (Å²) in [6.07, 6.45) is 6.89. The third kappa shape index (κ3) is 3.99. The van der Waals surface area contributed by atoms with Crippen molar-refractivity contribution in [3.63, 3.8) is 0 Å². The fourth-order valence-corrected chi connectivity index (χ4v) is 2.95. The van der Waals surface area contributed by atoms with Gasteiger partial charge in [0.1, 0.15) is 5.75 Å². The van der Waals surface area contributed by atoms with Crippen LogP contribution in [0.4, 0.5) is 0 Å². The van der Waals surface area contributed by atoms with Crippen LogP contribution in [0.5, 0.6) is 5.75 Å². The van der Waals surface area contributed by atoms with E-state index in [4.69, 9.17) is 4.74 Å². The zero-order valence-electron chi connectivity index (χ0n) is 12.9. The van der Waals surface area contributed by atoms with Crippen LogP contribution in [0, 0.1) is 5.92 Å². The van der Waals surface area contributed by atoms with Gasteiger partial charge in [-0.2, -0.15) is 0 Å². The molecule has 0 bridgehead atoms. The summed E-state index contributed by atoms with van der Waals surface area (Å²) < 4.78 is 6.16. The largest absolute Gasteiger partial charge is 0.490 e. The van der Waals surface area contributed by atoms with E-state index < -0.39 is 0 Å². The lowest BCUT2D eigenvalue weighted by Gasteiger charge is -2.29. The molecule has 0 aromatic heterocycles. The highest BCUT2D eigenvalue weighted by molar-refractivity contribution is 5.31. The summed E-state index contributed by atoms with van der Waals surface area (Å²) in [7, 11) is 0. The van der Waals surface area contributed by atoms with E-state index >= 15 is 0 Å². The van der Waals surface area contributed by atoms with Crippen molar-refractivity contribution in [2.24, 2.45) is 5.92 Å². The van der Waals surface area contributed by atoms with Gasteiger partial charge in [0, 0.05) is 0 Å². The standard InChI is InChI=1S/C18H28O/c1-5-14-7-6-8-17(13-14)19-16-11-9-15(10-12-16)18(2,3)4/h9-12,14,17H,5-8,13H2,1-4H3. The average Bonchev–Trinajstić information content (AvgIpc) is 2.38. The fraction of sp³-hybridized carbons (Fsp3) is 0.667. The summed E-state index contributed by atoms with van der Waals surface area (Å²) in [5.41, 5.74) is 1.59. The first-order chi connectivity index (χ1) is 8.99. The highest BCUT2D eigenvalue weighted by Crippen LogP contribution is 2.30. The van der Waals surface area contributed by atoms with Crippen molar-refractivity contribution in [3.8, 4) is 5.75 Å².